The minimum atomic E-state index is -0.455. The predicted octanol–water partition coefficient (Wildman–Crippen LogP) is 3.02. The van der Waals surface area contributed by atoms with Gasteiger partial charge in [-0.05, 0) is 42.0 Å². The van der Waals surface area contributed by atoms with Gasteiger partial charge in [0.1, 0.15) is 17.7 Å². The fourth-order valence-electron chi connectivity index (χ4n) is 2.99. The highest BCUT2D eigenvalue weighted by molar-refractivity contribution is 6.10. The SMILES string of the molecule is Nc1ncnn2ccc(C(=O)Nc3ccc(CNC(=O)Nc4cccc(F)c4)cc3)c12. The summed E-state index contributed by atoms with van der Waals surface area (Å²) < 4.78 is 14.7. The van der Waals surface area contributed by atoms with E-state index < -0.39 is 11.8 Å². The summed E-state index contributed by atoms with van der Waals surface area (Å²) in [5.74, 6) is -0.563. The zero-order valence-electron chi connectivity index (χ0n) is 16.2. The molecule has 156 valence electrons. The van der Waals surface area contributed by atoms with E-state index in [9.17, 15) is 14.0 Å². The van der Waals surface area contributed by atoms with Crippen LogP contribution in [-0.2, 0) is 6.54 Å². The van der Waals surface area contributed by atoms with Crippen LogP contribution in [0.2, 0.25) is 0 Å². The number of halogens is 1. The number of benzene rings is 2. The van der Waals surface area contributed by atoms with Crippen molar-refractivity contribution in [3.05, 3.63) is 84.1 Å². The summed E-state index contributed by atoms with van der Waals surface area (Å²) in [5.41, 5.74) is 8.41. The van der Waals surface area contributed by atoms with Crippen LogP contribution < -0.4 is 21.7 Å². The lowest BCUT2D eigenvalue weighted by Crippen LogP contribution is -2.28. The van der Waals surface area contributed by atoms with E-state index in [0.29, 0.717) is 22.5 Å². The van der Waals surface area contributed by atoms with Gasteiger partial charge in [0, 0.05) is 24.1 Å². The van der Waals surface area contributed by atoms with Crippen molar-refractivity contribution in [3.8, 4) is 0 Å². The van der Waals surface area contributed by atoms with E-state index in [0.717, 1.165) is 5.56 Å². The van der Waals surface area contributed by atoms with E-state index in [1.54, 1.807) is 42.6 Å². The third-order valence-electron chi connectivity index (χ3n) is 4.47. The summed E-state index contributed by atoms with van der Waals surface area (Å²) in [7, 11) is 0. The number of fused-ring (bicyclic) bond motifs is 1. The molecule has 2 aromatic heterocycles. The maximum Gasteiger partial charge on any atom is 0.319 e. The highest BCUT2D eigenvalue weighted by Crippen LogP contribution is 2.18. The molecule has 0 aliphatic heterocycles. The number of hydrogen-bond acceptors (Lipinski definition) is 5. The number of rotatable bonds is 5. The topological polar surface area (TPSA) is 126 Å². The van der Waals surface area contributed by atoms with Gasteiger partial charge in [-0.3, -0.25) is 4.79 Å². The smallest absolute Gasteiger partial charge is 0.319 e. The van der Waals surface area contributed by atoms with Crippen LogP contribution in [0.4, 0.5) is 26.4 Å². The Labute approximate surface area is 176 Å². The number of hydrogen-bond donors (Lipinski definition) is 4. The first kappa shape index (κ1) is 19.8. The Kier molecular flexibility index (Phi) is 5.43. The van der Waals surface area contributed by atoms with Gasteiger partial charge < -0.3 is 21.7 Å². The Bertz CT molecular complexity index is 1250. The molecular weight excluding hydrogens is 401 g/mol. The van der Waals surface area contributed by atoms with E-state index in [4.69, 9.17) is 5.73 Å². The van der Waals surface area contributed by atoms with Crippen molar-refractivity contribution >= 4 is 34.6 Å². The van der Waals surface area contributed by atoms with E-state index in [-0.39, 0.29) is 18.3 Å². The van der Waals surface area contributed by atoms with Crippen molar-refractivity contribution in [2.75, 3.05) is 16.4 Å². The lowest BCUT2D eigenvalue weighted by Gasteiger charge is -2.09. The van der Waals surface area contributed by atoms with Gasteiger partial charge >= 0.3 is 6.03 Å². The average Bonchev–Trinajstić information content (AvgIpc) is 3.19. The molecule has 2 heterocycles. The molecule has 5 N–H and O–H groups in total. The number of aromatic nitrogens is 3. The van der Waals surface area contributed by atoms with Crippen LogP contribution in [-0.4, -0.2) is 26.5 Å². The van der Waals surface area contributed by atoms with Crippen molar-refractivity contribution in [1.29, 1.82) is 0 Å². The maximum atomic E-state index is 13.2. The monoisotopic (exact) mass is 419 g/mol. The van der Waals surface area contributed by atoms with Crippen LogP contribution in [0.1, 0.15) is 15.9 Å². The summed E-state index contributed by atoms with van der Waals surface area (Å²) >= 11 is 0. The van der Waals surface area contributed by atoms with E-state index in [1.165, 1.54) is 29.0 Å². The maximum absolute atomic E-state index is 13.2. The zero-order valence-corrected chi connectivity index (χ0v) is 16.2. The van der Waals surface area contributed by atoms with Gasteiger partial charge in [-0.15, -0.1) is 0 Å². The van der Waals surface area contributed by atoms with E-state index in [2.05, 4.69) is 26.0 Å². The van der Waals surface area contributed by atoms with Gasteiger partial charge in [-0.25, -0.2) is 18.7 Å². The molecule has 4 aromatic rings. The number of nitrogens with two attached hydrogens (primary N) is 1. The second kappa shape index (κ2) is 8.49. The Hall–Kier alpha value is -4.47. The molecule has 10 heteroatoms. The number of carbonyl (C=O) groups excluding carboxylic acids is 2. The minimum Gasteiger partial charge on any atom is -0.382 e. The van der Waals surface area contributed by atoms with Gasteiger partial charge in [-0.1, -0.05) is 18.2 Å². The van der Waals surface area contributed by atoms with Crippen molar-refractivity contribution in [2.45, 2.75) is 6.54 Å². The molecule has 0 saturated heterocycles. The highest BCUT2D eigenvalue weighted by Gasteiger charge is 2.15. The number of anilines is 3. The fourth-order valence-corrected chi connectivity index (χ4v) is 2.99. The van der Waals surface area contributed by atoms with Crippen LogP contribution in [0.25, 0.3) is 5.52 Å². The normalized spacial score (nSPS) is 10.6. The first-order valence-corrected chi connectivity index (χ1v) is 9.28. The summed E-state index contributed by atoms with van der Waals surface area (Å²) in [6.07, 6.45) is 2.95. The molecule has 9 nitrogen and oxygen atoms in total. The molecule has 3 amide bonds. The molecular formula is C21H18FN7O2. The molecule has 0 bridgehead atoms. The molecule has 0 atom stereocenters. The fraction of sp³-hybridized carbons (Fsp3) is 0.0476. The number of urea groups is 1. The number of amides is 3. The van der Waals surface area contributed by atoms with Crippen LogP contribution in [0.5, 0.6) is 0 Å². The number of nitrogens with one attached hydrogen (secondary N) is 3. The van der Waals surface area contributed by atoms with Crippen molar-refractivity contribution in [2.24, 2.45) is 0 Å². The molecule has 31 heavy (non-hydrogen) atoms. The van der Waals surface area contributed by atoms with Crippen molar-refractivity contribution in [3.63, 3.8) is 0 Å². The minimum absolute atomic E-state index is 0.211. The first-order chi connectivity index (χ1) is 15.0. The molecule has 0 aliphatic rings. The van der Waals surface area contributed by atoms with Crippen LogP contribution in [0.3, 0.4) is 0 Å². The molecule has 2 aromatic carbocycles. The molecule has 0 spiro atoms. The van der Waals surface area contributed by atoms with Gasteiger partial charge in [0.25, 0.3) is 5.91 Å². The molecule has 0 fully saturated rings. The second-order valence-electron chi connectivity index (χ2n) is 6.64. The van der Waals surface area contributed by atoms with Crippen LogP contribution in [0, 0.1) is 5.82 Å². The lowest BCUT2D eigenvalue weighted by atomic mass is 10.2. The number of carbonyl (C=O) groups is 2. The van der Waals surface area contributed by atoms with E-state index in [1.807, 2.05) is 0 Å². The quantitative estimate of drug-likeness (QED) is 0.396. The van der Waals surface area contributed by atoms with Crippen molar-refractivity contribution < 1.29 is 14.0 Å². The van der Waals surface area contributed by atoms with Gasteiger partial charge in [0.2, 0.25) is 0 Å². The third kappa shape index (κ3) is 4.58. The van der Waals surface area contributed by atoms with Gasteiger partial charge in [0.05, 0.1) is 5.56 Å². The molecule has 0 unspecified atom stereocenters. The summed E-state index contributed by atoms with van der Waals surface area (Å²) in [6.45, 7) is 0.257. The Morgan fingerprint density at radius 1 is 1.03 bits per heavy atom. The molecule has 0 radical (unpaired) electrons. The van der Waals surface area contributed by atoms with Gasteiger partial charge in [-0.2, -0.15) is 5.10 Å². The largest absolute Gasteiger partial charge is 0.382 e. The Morgan fingerprint density at radius 2 is 1.84 bits per heavy atom. The zero-order chi connectivity index (χ0) is 21.8. The molecule has 4 rings (SSSR count). The standard InChI is InChI=1S/C21H18FN7O2/c22-14-2-1-3-16(10-14)28-21(31)24-11-13-4-6-15(7-5-13)27-20(30)17-8-9-29-18(17)19(23)25-12-26-29/h1-10,12H,11H2,(H,27,30)(H2,23,25,26)(H2,24,28,31). The summed E-state index contributed by atoms with van der Waals surface area (Å²) in [4.78, 5) is 28.5. The number of nitrogen functional groups attached to an aromatic ring is 1. The average molecular weight is 419 g/mol. The highest BCUT2D eigenvalue weighted by atomic mass is 19.1. The predicted molar refractivity (Wildman–Crippen MR) is 114 cm³/mol. The molecule has 0 aliphatic carbocycles. The second-order valence-corrected chi connectivity index (χ2v) is 6.64. The van der Waals surface area contributed by atoms with Crippen molar-refractivity contribution in [1.82, 2.24) is 19.9 Å². The lowest BCUT2D eigenvalue weighted by molar-refractivity contribution is 0.102. The third-order valence-corrected chi connectivity index (χ3v) is 4.47. The van der Waals surface area contributed by atoms with Crippen LogP contribution in [0.15, 0.2) is 67.1 Å². The first-order valence-electron chi connectivity index (χ1n) is 9.28. The summed E-state index contributed by atoms with van der Waals surface area (Å²) in [5, 5.41) is 12.1. The van der Waals surface area contributed by atoms with Crippen LogP contribution >= 0.6 is 0 Å². The Morgan fingerprint density at radius 3 is 2.61 bits per heavy atom. The number of nitrogens with zero attached hydrogens (tertiary/aromatic N) is 3. The Balaban J connectivity index is 1.34. The molecule has 0 saturated carbocycles. The summed E-state index contributed by atoms with van der Waals surface area (Å²) in [6, 6.07) is 13.8. The van der Waals surface area contributed by atoms with E-state index >= 15 is 0 Å². The van der Waals surface area contributed by atoms with Gasteiger partial charge in [0.15, 0.2) is 5.82 Å².